The molecule has 1 rings (SSSR count). The van der Waals surface area contributed by atoms with Crippen molar-refractivity contribution in [3.05, 3.63) is 46.8 Å². The van der Waals surface area contributed by atoms with Crippen LogP contribution in [0.2, 0.25) is 0 Å². The van der Waals surface area contributed by atoms with E-state index >= 15 is 0 Å². The number of hydrogen-bond donors (Lipinski definition) is 2. The van der Waals surface area contributed by atoms with Crippen molar-refractivity contribution in [2.24, 2.45) is 0 Å². The number of nitrogens with one attached hydrogen (secondary N) is 1. The molecule has 0 aliphatic heterocycles. The Morgan fingerprint density at radius 3 is 2.16 bits per heavy atom. The van der Waals surface area contributed by atoms with E-state index in [4.69, 9.17) is 5.11 Å². The second-order valence-corrected chi connectivity index (χ2v) is 4.30. The van der Waals surface area contributed by atoms with E-state index in [9.17, 15) is 14.0 Å². The molecule has 0 saturated heterocycles. The first-order chi connectivity index (χ1) is 8.82. The molecule has 0 spiro atoms. The van der Waals surface area contributed by atoms with Gasteiger partial charge < -0.3 is 10.4 Å². The third-order valence-corrected chi connectivity index (χ3v) is 2.94. The summed E-state index contributed by atoms with van der Waals surface area (Å²) < 4.78 is 12.8. The molecule has 0 bridgehead atoms. The van der Waals surface area contributed by atoms with Crippen LogP contribution in [-0.4, -0.2) is 17.0 Å². The summed E-state index contributed by atoms with van der Waals surface area (Å²) in [7, 11) is 0. The highest BCUT2D eigenvalue weighted by Gasteiger charge is 2.15. The van der Waals surface area contributed by atoms with Crippen molar-refractivity contribution < 1.29 is 19.1 Å². The maximum Gasteiger partial charge on any atom is 0.331 e. The van der Waals surface area contributed by atoms with Gasteiger partial charge in [-0.15, -0.1) is 0 Å². The Balaban J connectivity index is 2.80. The van der Waals surface area contributed by atoms with Crippen molar-refractivity contribution in [3.63, 3.8) is 0 Å². The monoisotopic (exact) mass is 265 g/mol. The van der Waals surface area contributed by atoms with Crippen LogP contribution in [-0.2, 0) is 9.59 Å². The fourth-order valence-electron chi connectivity index (χ4n) is 1.47. The molecule has 0 heterocycles. The zero-order valence-corrected chi connectivity index (χ0v) is 11.0. The van der Waals surface area contributed by atoms with Gasteiger partial charge in [0.05, 0.1) is 6.04 Å². The summed E-state index contributed by atoms with van der Waals surface area (Å²) in [6.45, 7) is 4.57. The van der Waals surface area contributed by atoms with Gasteiger partial charge in [0.2, 0.25) is 5.91 Å². The highest BCUT2D eigenvalue weighted by atomic mass is 19.1. The summed E-state index contributed by atoms with van der Waals surface area (Å²) in [6.07, 6.45) is 0. The molecule has 5 heteroatoms. The van der Waals surface area contributed by atoms with Gasteiger partial charge in [0.25, 0.3) is 0 Å². The molecular formula is C14H16FNO3. The Hall–Kier alpha value is -2.17. The second kappa shape index (κ2) is 6.13. The lowest BCUT2D eigenvalue weighted by molar-refractivity contribution is -0.133. The number of aliphatic carboxylic acids is 1. The molecule has 0 saturated carbocycles. The highest BCUT2D eigenvalue weighted by molar-refractivity contribution is 6.01. The zero-order valence-electron chi connectivity index (χ0n) is 11.0. The van der Waals surface area contributed by atoms with Crippen molar-refractivity contribution in [1.29, 1.82) is 0 Å². The molecule has 0 aromatic heterocycles. The van der Waals surface area contributed by atoms with Gasteiger partial charge in [-0.1, -0.05) is 12.1 Å². The smallest absolute Gasteiger partial charge is 0.331 e. The van der Waals surface area contributed by atoms with E-state index in [1.165, 1.54) is 26.0 Å². The Morgan fingerprint density at radius 1 is 1.16 bits per heavy atom. The minimum atomic E-state index is -1.12. The Morgan fingerprint density at radius 2 is 1.68 bits per heavy atom. The van der Waals surface area contributed by atoms with Crippen LogP contribution in [0, 0.1) is 5.82 Å². The number of benzene rings is 1. The third kappa shape index (κ3) is 3.91. The van der Waals surface area contributed by atoms with Gasteiger partial charge in [-0.3, -0.25) is 4.79 Å². The normalized spacial score (nSPS) is 13.5. The molecule has 1 atom stereocenters. The summed E-state index contributed by atoms with van der Waals surface area (Å²) in [6, 6.07) is 5.43. The number of carboxylic acids is 1. The Labute approximate surface area is 110 Å². The van der Waals surface area contributed by atoms with Gasteiger partial charge in [-0.25, -0.2) is 9.18 Å². The summed E-state index contributed by atoms with van der Waals surface area (Å²) in [4.78, 5) is 22.6. The summed E-state index contributed by atoms with van der Waals surface area (Å²) in [5, 5.41) is 11.5. The molecule has 0 radical (unpaired) electrons. The van der Waals surface area contributed by atoms with E-state index in [0.717, 1.165) is 5.56 Å². The molecule has 19 heavy (non-hydrogen) atoms. The second-order valence-electron chi connectivity index (χ2n) is 4.30. The van der Waals surface area contributed by atoms with Crippen LogP contribution >= 0.6 is 0 Å². The lowest BCUT2D eigenvalue weighted by Crippen LogP contribution is -2.28. The summed E-state index contributed by atoms with van der Waals surface area (Å²) >= 11 is 0. The third-order valence-electron chi connectivity index (χ3n) is 2.94. The lowest BCUT2D eigenvalue weighted by atomic mass is 10.1. The predicted molar refractivity (Wildman–Crippen MR) is 69.0 cm³/mol. The number of halogens is 1. The van der Waals surface area contributed by atoms with E-state index in [2.05, 4.69) is 5.32 Å². The first-order valence-corrected chi connectivity index (χ1v) is 5.80. The number of rotatable bonds is 4. The van der Waals surface area contributed by atoms with Gasteiger partial charge in [0, 0.05) is 11.1 Å². The van der Waals surface area contributed by atoms with E-state index in [1.807, 2.05) is 0 Å². The largest absolute Gasteiger partial charge is 0.478 e. The molecule has 1 aromatic carbocycles. The van der Waals surface area contributed by atoms with E-state index in [-0.39, 0.29) is 23.0 Å². The van der Waals surface area contributed by atoms with E-state index in [1.54, 1.807) is 19.1 Å². The number of carbonyl (C=O) groups excluding carboxylic acids is 1. The van der Waals surface area contributed by atoms with Gasteiger partial charge >= 0.3 is 5.97 Å². The maximum absolute atomic E-state index is 12.8. The summed E-state index contributed by atoms with van der Waals surface area (Å²) in [5.41, 5.74) is 0.904. The fraction of sp³-hybridized carbons (Fsp3) is 0.286. The van der Waals surface area contributed by atoms with Crippen LogP contribution in [0.5, 0.6) is 0 Å². The average Bonchev–Trinajstić information content (AvgIpc) is 2.37. The van der Waals surface area contributed by atoms with Gasteiger partial charge in [0.1, 0.15) is 5.82 Å². The molecule has 102 valence electrons. The number of hydrogen-bond acceptors (Lipinski definition) is 2. The van der Waals surface area contributed by atoms with Crippen LogP contribution in [0.1, 0.15) is 32.4 Å². The SMILES string of the molecule is C/C(C(=O)O)=C(\C)C(=O)N[C@@H](C)c1ccc(F)cc1. The molecular weight excluding hydrogens is 249 g/mol. The molecule has 4 nitrogen and oxygen atoms in total. The number of amides is 1. The standard InChI is InChI=1S/C14H16FNO3/c1-8(9(2)14(18)19)13(17)16-10(3)11-4-6-12(15)7-5-11/h4-7,10H,1-3H3,(H,16,17)(H,18,19)/b9-8-/t10-/m0/s1. The van der Waals surface area contributed by atoms with Crippen molar-refractivity contribution in [3.8, 4) is 0 Å². The van der Waals surface area contributed by atoms with E-state index < -0.39 is 11.9 Å². The predicted octanol–water partition coefficient (Wildman–Crippen LogP) is 2.42. The first kappa shape index (κ1) is 14.9. The van der Waals surface area contributed by atoms with Crippen molar-refractivity contribution in [1.82, 2.24) is 5.32 Å². The molecule has 2 N–H and O–H groups in total. The van der Waals surface area contributed by atoms with Gasteiger partial charge in [-0.05, 0) is 38.5 Å². The first-order valence-electron chi connectivity index (χ1n) is 5.80. The lowest BCUT2D eigenvalue weighted by Gasteiger charge is -2.15. The van der Waals surface area contributed by atoms with Gasteiger partial charge in [-0.2, -0.15) is 0 Å². The molecule has 0 aliphatic rings. The van der Waals surface area contributed by atoms with Crippen molar-refractivity contribution in [2.75, 3.05) is 0 Å². The average molecular weight is 265 g/mol. The minimum absolute atomic E-state index is 0.00352. The minimum Gasteiger partial charge on any atom is -0.478 e. The Kier molecular flexibility index (Phi) is 4.80. The quantitative estimate of drug-likeness (QED) is 0.822. The summed E-state index contributed by atoms with van der Waals surface area (Å²) in [5.74, 6) is -1.92. The van der Waals surface area contributed by atoms with Gasteiger partial charge in [0.15, 0.2) is 0 Å². The molecule has 1 aromatic rings. The van der Waals surface area contributed by atoms with Crippen LogP contribution < -0.4 is 5.32 Å². The molecule has 0 unspecified atom stereocenters. The molecule has 1 amide bonds. The zero-order chi connectivity index (χ0) is 14.6. The van der Waals surface area contributed by atoms with Crippen LogP contribution in [0.4, 0.5) is 4.39 Å². The van der Waals surface area contributed by atoms with E-state index in [0.29, 0.717) is 0 Å². The molecule has 0 fully saturated rings. The van der Waals surface area contributed by atoms with Crippen LogP contribution in [0.15, 0.2) is 35.4 Å². The van der Waals surface area contributed by atoms with Crippen LogP contribution in [0.3, 0.4) is 0 Å². The maximum atomic E-state index is 12.8. The number of carbonyl (C=O) groups is 2. The highest BCUT2D eigenvalue weighted by Crippen LogP contribution is 2.14. The Bertz CT molecular complexity index is 520. The number of carboxylic acid groups (broad SMARTS) is 1. The fourth-order valence-corrected chi connectivity index (χ4v) is 1.47. The van der Waals surface area contributed by atoms with Crippen molar-refractivity contribution in [2.45, 2.75) is 26.8 Å². The van der Waals surface area contributed by atoms with Crippen molar-refractivity contribution >= 4 is 11.9 Å². The molecule has 0 aliphatic carbocycles. The van der Waals surface area contributed by atoms with Crippen LogP contribution in [0.25, 0.3) is 0 Å². The topological polar surface area (TPSA) is 66.4 Å².